The van der Waals surface area contributed by atoms with E-state index < -0.39 is 0 Å². The Bertz CT molecular complexity index is 865. The van der Waals surface area contributed by atoms with Crippen LogP contribution in [-0.2, 0) is 20.8 Å². The van der Waals surface area contributed by atoms with E-state index in [1.54, 1.807) is 6.92 Å². The van der Waals surface area contributed by atoms with Crippen LogP contribution in [0.5, 0.6) is 0 Å². The number of fused-ring (bicyclic) bond motifs is 1. The Morgan fingerprint density at radius 2 is 1.64 bits per heavy atom. The fourth-order valence-electron chi connectivity index (χ4n) is 5.51. The van der Waals surface area contributed by atoms with Crippen LogP contribution in [-0.4, -0.2) is 23.1 Å². The summed E-state index contributed by atoms with van der Waals surface area (Å²) < 4.78 is 0. The predicted octanol–water partition coefficient (Wildman–Crippen LogP) is 7.91. The van der Waals surface area contributed by atoms with Crippen LogP contribution < -0.4 is 0 Å². The molecule has 4 nitrogen and oxygen atoms in total. The molecule has 0 spiro atoms. The largest absolute Gasteiger partial charge is 0.300 e. The normalized spacial score (nSPS) is 18.3. The van der Waals surface area contributed by atoms with Crippen molar-refractivity contribution < 1.29 is 19.2 Å². The molecule has 2 aliphatic carbocycles. The number of hydrogen-bond acceptors (Lipinski definition) is 4. The Balaban J connectivity index is 0.000000540. The summed E-state index contributed by atoms with van der Waals surface area (Å²) in [6, 6.07) is 6.10. The first kappa shape index (κ1) is 31.9. The predicted molar refractivity (Wildman–Crippen MR) is 148 cm³/mol. The van der Waals surface area contributed by atoms with Crippen LogP contribution in [0, 0.1) is 30.6 Å². The molecule has 3 atom stereocenters. The summed E-state index contributed by atoms with van der Waals surface area (Å²) in [7, 11) is 0. The fraction of sp³-hybridized carbons (Fsp3) is 0.688. The molecule has 0 bridgehead atoms. The molecule has 202 valence electrons. The monoisotopic (exact) mass is 498 g/mol. The first-order valence-electron chi connectivity index (χ1n) is 14.2. The van der Waals surface area contributed by atoms with Crippen LogP contribution in [0.15, 0.2) is 18.2 Å². The summed E-state index contributed by atoms with van der Waals surface area (Å²) in [5.41, 5.74) is 3.14. The Morgan fingerprint density at radius 1 is 1.00 bits per heavy atom. The molecule has 0 amide bonds. The van der Waals surface area contributed by atoms with Gasteiger partial charge in [-0.15, -0.1) is 0 Å². The highest BCUT2D eigenvalue weighted by Crippen LogP contribution is 2.36. The van der Waals surface area contributed by atoms with Gasteiger partial charge in [-0.1, -0.05) is 71.6 Å². The second-order valence-corrected chi connectivity index (χ2v) is 10.9. The van der Waals surface area contributed by atoms with Gasteiger partial charge in [0, 0.05) is 23.8 Å². The van der Waals surface area contributed by atoms with E-state index in [1.807, 2.05) is 26.0 Å². The van der Waals surface area contributed by atoms with Crippen molar-refractivity contribution in [2.75, 3.05) is 0 Å². The van der Waals surface area contributed by atoms with Crippen molar-refractivity contribution in [3.8, 4) is 0 Å². The molecule has 0 aliphatic heterocycles. The summed E-state index contributed by atoms with van der Waals surface area (Å²) in [5, 5.41) is 0. The molecule has 1 aromatic carbocycles. The molecular formula is C32H50O4. The van der Waals surface area contributed by atoms with Gasteiger partial charge in [0.25, 0.3) is 0 Å². The quantitative estimate of drug-likeness (QED) is 0.307. The third kappa shape index (κ3) is 10.1. The number of hydrogen-bond donors (Lipinski definition) is 0. The molecule has 0 heterocycles. The van der Waals surface area contributed by atoms with E-state index in [0.29, 0.717) is 24.0 Å². The maximum absolute atomic E-state index is 12.7. The van der Waals surface area contributed by atoms with Crippen LogP contribution in [0.1, 0.15) is 127 Å². The van der Waals surface area contributed by atoms with Crippen LogP contribution in [0.2, 0.25) is 0 Å². The van der Waals surface area contributed by atoms with Gasteiger partial charge in [-0.25, -0.2) is 0 Å². The highest BCUT2D eigenvalue weighted by atomic mass is 16.1. The maximum Gasteiger partial charge on any atom is 0.163 e. The fourth-order valence-corrected chi connectivity index (χ4v) is 5.51. The van der Waals surface area contributed by atoms with E-state index in [4.69, 9.17) is 0 Å². The number of benzene rings is 1. The zero-order valence-corrected chi connectivity index (χ0v) is 24.0. The van der Waals surface area contributed by atoms with Crippen molar-refractivity contribution in [1.82, 2.24) is 0 Å². The van der Waals surface area contributed by atoms with Crippen LogP contribution in [0.25, 0.3) is 0 Å². The molecule has 0 radical (unpaired) electrons. The van der Waals surface area contributed by atoms with Crippen molar-refractivity contribution in [2.24, 2.45) is 23.7 Å². The Labute approximate surface area is 220 Å². The molecule has 3 rings (SSSR count). The second kappa shape index (κ2) is 16.6. The highest BCUT2D eigenvalue weighted by molar-refractivity contribution is 6.00. The third-order valence-electron chi connectivity index (χ3n) is 7.44. The maximum atomic E-state index is 12.7. The van der Waals surface area contributed by atoms with E-state index in [1.165, 1.54) is 19.8 Å². The van der Waals surface area contributed by atoms with E-state index in [-0.39, 0.29) is 35.6 Å². The minimum atomic E-state index is -0.0622. The van der Waals surface area contributed by atoms with Gasteiger partial charge in [-0.05, 0) is 75.8 Å². The molecule has 1 aromatic rings. The molecule has 2 aliphatic rings. The minimum absolute atomic E-state index is 0.0460. The van der Waals surface area contributed by atoms with E-state index in [9.17, 15) is 19.2 Å². The van der Waals surface area contributed by atoms with Gasteiger partial charge in [0.2, 0.25) is 0 Å². The Hall–Kier alpha value is -2.10. The smallest absolute Gasteiger partial charge is 0.163 e. The summed E-state index contributed by atoms with van der Waals surface area (Å²) >= 11 is 0. The average molecular weight is 499 g/mol. The summed E-state index contributed by atoms with van der Waals surface area (Å²) in [6.45, 7) is 13.6. The van der Waals surface area contributed by atoms with Crippen LogP contribution >= 0.6 is 0 Å². The number of rotatable bonds is 10. The van der Waals surface area contributed by atoms with Crippen molar-refractivity contribution in [3.05, 3.63) is 34.9 Å². The van der Waals surface area contributed by atoms with Crippen molar-refractivity contribution in [3.63, 3.8) is 0 Å². The number of ketones is 4. The standard InChI is InChI=1S/C23H32O3.C6H10O.C3H8/c1-5-8-18(20(6-2)21(25)11-16(4)24)12-17-13-19-10-7-9-15(3)23(19)22(26)14-17;1-5(7)6-3-2-4-6;1-3-2/h7,9-10,17-18,20H,5-6,8,11-14H2,1-4H3;6H,2-4H2,1H3;3H2,1-2H3. The SMILES string of the molecule is CC(=O)C1CCC1.CCC.CCCC(CC1CC(=O)c2c(C)cccc2C1)C(CC)C(=O)CC(C)=O. The lowest BCUT2D eigenvalue weighted by Gasteiger charge is -2.31. The second-order valence-electron chi connectivity index (χ2n) is 10.9. The van der Waals surface area contributed by atoms with Crippen molar-refractivity contribution >= 4 is 23.1 Å². The van der Waals surface area contributed by atoms with Gasteiger partial charge >= 0.3 is 0 Å². The summed E-state index contributed by atoms with van der Waals surface area (Å²) in [6.07, 6.45) is 10.0. The molecule has 0 N–H and O–H groups in total. The lowest BCUT2D eigenvalue weighted by atomic mass is 9.72. The lowest BCUT2D eigenvalue weighted by molar-refractivity contribution is -0.130. The number of aryl methyl sites for hydroxylation is 1. The molecule has 3 unspecified atom stereocenters. The molecule has 0 saturated heterocycles. The summed E-state index contributed by atoms with van der Waals surface area (Å²) in [5.74, 6) is 1.60. The van der Waals surface area contributed by atoms with Gasteiger partial charge in [0.05, 0.1) is 6.42 Å². The zero-order valence-electron chi connectivity index (χ0n) is 24.0. The topological polar surface area (TPSA) is 68.3 Å². The van der Waals surface area contributed by atoms with E-state index in [0.717, 1.165) is 61.6 Å². The van der Waals surface area contributed by atoms with Gasteiger partial charge in [-0.3, -0.25) is 19.2 Å². The lowest BCUT2D eigenvalue weighted by Crippen LogP contribution is -2.29. The first-order valence-corrected chi connectivity index (χ1v) is 14.2. The average Bonchev–Trinajstić information content (AvgIpc) is 2.73. The van der Waals surface area contributed by atoms with Crippen LogP contribution in [0.3, 0.4) is 0 Å². The van der Waals surface area contributed by atoms with Gasteiger partial charge in [0.15, 0.2) is 5.78 Å². The van der Waals surface area contributed by atoms with E-state index in [2.05, 4.69) is 26.8 Å². The zero-order chi connectivity index (χ0) is 27.3. The van der Waals surface area contributed by atoms with Crippen molar-refractivity contribution in [2.45, 2.75) is 119 Å². The van der Waals surface area contributed by atoms with Crippen LogP contribution in [0.4, 0.5) is 0 Å². The van der Waals surface area contributed by atoms with Gasteiger partial charge in [0.1, 0.15) is 17.3 Å². The third-order valence-corrected chi connectivity index (χ3v) is 7.44. The highest BCUT2D eigenvalue weighted by Gasteiger charge is 2.32. The molecule has 1 fully saturated rings. The molecule has 0 aromatic heterocycles. The molecule has 4 heteroatoms. The number of carbonyl (C=O) groups excluding carboxylic acids is 4. The van der Waals surface area contributed by atoms with Gasteiger partial charge < -0.3 is 0 Å². The van der Waals surface area contributed by atoms with E-state index >= 15 is 0 Å². The first-order chi connectivity index (χ1) is 17.1. The molecule has 1 saturated carbocycles. The van der Waals surface area contributed by atoms with Gasteiger partial charge in [-0.2, -0.15) is 0 Å². The Morgan fingerprint density at radius 3 is 2.08 bits per heavy atom. The van der Waals surface area contributed by atoms with Crippen molar-refractivity contribution in [1.29, 1.82) is 0 Å². The Kier molecular flexibility index (Phi) is 14.7. The minimum Gasteiger partial charge on any atom is -0.300 e. The summed E-state index contributed by atoms with van der Waals surface area (Å²) in [4.78, 5) is 47.0. The molecule has 36 heavy (non-hydrogen) atoms. The molecular weight excluding hydrogens is 448 g/mol. The number of carbonyl (C=O) groups is 4. The number of Topliss-reactive ketones (excluding diaryl/α,β-unsaturated/α-hetero) is 4.